The van der Waals surface area contributed by atoms with E-state index in [1.54, 1.807) is 11.8 Å². The monoisotopic (exact) mass is 343 g/mol. The quantitative estimate of drug-likeness (QED) is 0.920. The molecule has 1 aromatic heterocycles. The number of aromatic nitrogens is 2. The Kier molecular flexibility index (Phi) is 4.77. The van der Waals surface area contributed by atoms with Crippen LogP contribution in [-0.2, 0) is 6.42 Å². The third kappa shape index (κ3) is 3.78. The van der Waals surface area contributed by atoms with Crippen molar-refractivity contribution in [1.29, 1.82) is 0 Å². The van der Waals surface area contributed by atoms with Crippen molar-refractivity contribution in [2.24, 2.45) is 5.73 Å². The van der Waals surface area contributed by atoms with Crippen molar-refractivity contribution in [3.8, 4) is 0 Å². The molecule has 0 saturated carbocycles. The number of benzene rings is 1. The van der Waals surface area contributed by atoms with Gasteiger partial charge in [-0.25, -0.2) is 4.98 Å². The Morgan fingerprint density at radius 1 is 1.50 bits per heavy atom. The maximum Gasteiger partial charge on any atom is 0.174 e. The largest absolute Gasteiger partial charge is 0.328 e. The van der Waals surface area contributed by atoms with Gasteiger partial charge in [0.25, 0.3) is 0 Å². The summed E-state index contributed by atoms with van der Waals surface area (Å²) >= 11 is 6.66. The Hall–Kier alpha value is -0.430. The first-order chi connectivity index (χ1) is 8.54. The molecule has 1 aromatic carbocycles. The van der Waals surface area contributed by atoms with Gasteiger partial charge in [-0.3, -0.25) is 0 Å². The number of aryl methyl sites for hydroxylation is 1. The van der Waals surface area contributed by atoms with Gasteiger partial charge in [-0.15, -0.1) is 0 Å². The van der Waals surface area contributed by atoms with E-state index in [4.69, 9.17) is 5.73 Å². The van der Waals surface area contributed by atoms with E-state index in [1.807, 2.05) is 13.8 Å². The first-order valence-electron chi connectivity index (χ1n) is 5.57. The van der Waals surface area contributed by atoms with E-state index in [-0.39, 0.29) is 6.04 Å². The molecule has 96 valence electrons. The highest BCUT2D eigenvalue weighted by Gasteiger charge is 2.07. The number of hydrogen-bond acceptors (Lipinski definition) is 5. The molecule has 1 unspecified atom stereocenters. The van der Waals surface area contributed by atoms with E-state index >= 15 is 0 Å². The Morgan fingerprint density at radius 3 is 2.83 bits per heavy atom. The van der Waals surface area contributed by atoms with Crippen molar-refractivity contribution in [3.05, 3.63) is 34.1 Å². The van der Waals surface area contributed by atoms with Crippen molar-refractivity contribution in [1.82, 2.24) is 9.36 Å². The van der Waals surface area contributed by atoms with Crippen LogP contribution in [0.4, 0.5) is 0 Å². The lowest BCUT2D eigenvalue weighted by Crippen LogP contribution is -2.17. The van der Waals surface area contributed by atoms with E-state index < -0.39 is 0 Å². The highest BCUT2D eigenvalue weighted by atomic mass is 79.9. The predicted molar refractivity (Wildman–Crippen MR) is 80.3 cm³/mol. The van der Waals surface area contributed by atoms with Gasteiger partial charge in [-0.05, 0) is 49.5 Å². The molecule has 2 rings (SSSR count). The number of nitrogens with two attached hydrogens (primary N) is 1. The van der Waals surface area contributed by atoms with Crippen LogP contribution in [0.2, 0.25) is 0 Å². The average molecular weight is 344 g/mol. The summed E-state index contributed by atoms with van der Waals surface area (Å²) in [5.41, 5.74) is 7.05. The van der Waals surface area contributed by atoms with Crippen LogP contribution in [0.1, 0.15) is 18.3 Å². The van der Waals surface area contributed by atoms with Gasteiger partial charge in [0.15, 0.2) is 4.34 Å². The summed E-state index contributed by atoms with van der Waals surface area (Å²) < 4.78 is 6.25. The Morgan fingerprint density at radius 2 is 2.28 bits per heavy atom. The standard InChI is InChI=1S/C12H14BrN3S2/c1-7(14)5-9-3-4-10(6-11(9)13)17-12-15-8(2)16-18-12/h3-4,6-7H,5,14H2,1-2H3. The third-order valence-electron chi connectivity index (χ3n) is 2.28. The van der Waals surface area contributed by atoms with Crippen molar-refractivity contribution >= 4 is 39.2 Å². The molecule has 1 atom stereocenters. The summed E-state index contributed by atoms with van der Waals surface area (Å²) in [7, 11) is 0. The van der Waals surface area contributed by atoms with Crippen molar-refractivity contribution in [3.63, 3.8) is 0 Å². The van der Waals surface area contributed by atoms with Crippen LogP contribution in [0.5, 0.6) is 0 Å². The summed E-state index contributed by atoms with van der Waals surface area (Å²) in [6.07, 6.45) is 0.878. The average Bonchev–Trinajstić information content (AvgIpc) is 2.68. The van der Waals surface area contributed by atoms with E-state index in [2.05, 4.69) is 43.5 Å². The molecule has 0 aliphatic rings. The van der Waals surface area contributed by atoms with E-state index in [0.717, 1.165) is 26.0 Å². The topological polar surface area (TPSA) is 51.8 Å². The van der Waals surface area contributed by atoms with Crippen molar-refractivity contribution < 1.29 is 0 Å². The lowest BCUT2D eigenvalue weighted by Gasteiger charge is -2.08. The summed E-state index contributed by atoms with van der Waals surface area (Å²) in [4.78, 5) is 5.50. The maximum atomic E-state index is 5.82. The third-order valence-corrected chi connectivity index (χ3v) is 4.85. The van der Waals surface area contributed by atoms with Crippen LogP contribution in [0, 0.1) is 6.92 Å². The second-order valence-corrected chi connectivity index (χ2v) is 7.07. The minimum atomic E-state index is 0.172. The highest BCUT2D eigenvalue weighted by molar-refractivity contribution is 9.10. The summed E-state index contributed by atoms with van der Waals surface area (Å²) in [6.45, 7) is 3.92. The summed E-state index contributed by atoms with van der Waals surface area (Å²) in [5, 5.41) is 0. The maximum absolute atomic E-state index is 5.82. The van der Waals surface area contributed by atoms with Crippen LogP contribution >= 0.6 is 39.2 Å². The van der Waals surface area contributed by atoms with Gasteiger partial charge in [0.1, 0.15) is 5.82 Å². The zero-order chi connectivity index (χ0) is 13.1. The van der Waals surface area contributed by atoms with Gasteiger partial charge in [0, 0.05) is 15.4 Å². The molecule has 3 nitrogen and oxygen atoms in total. The van der Waals surface area contributed by atoms with Gasteiger partial charge >= 0.3 is 0 Å². The molecular weight excluding hydrogens is 330 g/mol. The molecule has 0 radical (unpaired) electrons. The van der Waals surface area contributed by atoms with Crippen LogP contribution < -0.4 is 5.73 Å². The van der Waals surface area contributed by atoms with Crippen molar-refractivity contribution in [2.75, 3.05) is 0 Å². The first-order valence-corrected chi connectivity index (χ1v) is 7.95. The van der Waals surface area contributed by atoms with Crippen LogP contribution in [0.15, 0.2) is 31.9 Å². The van der Waals surface area contributed by atoms with Crippen molar-refractivity contribution in [2.45, 2.75) is 35.5 Å². The van der Waals surface area contributed by atoms with Gasteiger partial charge < -0.3 is 5.73 Å². The van der Waals surface area contributed by atoms with E-state index in [0.29, 0.717) is 0 Å². The Balaban J connectivity index is 2.13. The highest BCUT2D eigenvalue weighted by Crippen LogP contribution is 2.32. The SMILES string of the molecule is Cc1nsc(Sc2ccc(CC(C)N)c(Br)c2)n1. The number of halogens is 1. The summed E-state index contributed by atoms with van der Waals surface area (Å²) in [6, 6.07) is 6.50. The van der Waals surface area contributed by atoms with Crippen LogP contribution in [0.25, 0.3) is 0 Å². The number of nitrogens with zero attached hydrogens (tertiary/aromatic N) is 2. The fourth-order valence-corrected chi connectivity index (χ4v) is 3.88. The Bertz CT molecular complexity index is 540. The number of rotatable bonds is 4. The molecule has 0 saturated heterocycles. The van der Waals surface area contributed by atoms with Crippen LogP contribution in [0.3, 0.4) is 0 Å². The van der Waals surface area contributed by atoms with Gasteiger partial charge in [0.05, 0.1) is 0 Å². The molecule has 1 heterocycles. The van der Waals surface area contributed by atoms with Crippen LogP contribution in [-0.4, -0.2) is 15.4 Å². The molecule has 6 heteroatoms. The Labute approximate surface area is 123 Å². The molecule has 0 bridgehead atoms. The zero-order valence-corrected chi connectivity index (χ0v) is 13.4. The molecule has 2 aromatic rings. The molecule has 0 fully saturated rings. The second kappa shape index (κ2) is 6.14. The second-order valence-electron chi connectivity index (χ2n) is 4.14. The lowest BCUT2D eigenvalue weighted by molar-refractivity contribution is 0.735. The first kappa shape index (κ1) is 14.0. The predicted octanol–water partition coefficient (Wildman–Crippen LogP) is 3.65. The van der Waals surface area contributed by atoms with E-state index in [1.165, 1.54) is 17.1 Å². The molecule has 2 N–H and O–H groups in total. The zero-order valence-electron chi connectivity index (χ0n) is 10.2. The molecule has 18 heavy (non-hydrogen) atoms. The minimum absolute atomic E-state index is 0.172. The molecule has 0 aliphatic carbocycles. The summed E-state index contributed by atoms with van der Waals surface area (Å²) in [5.74, 6) is 0.829. The minimum Gasteiger partial charge on any atom is -0.328 e. The van der Waals surface area contributed by atoms with Gasteiger partial charge in [-0.2, -0.15) is 4.37 Å². The molecule has 0 spiro atoms. The molecule has 0 aliphatic heterocycles. The smallest absolute Gasteiger partial charge is 0.174 e. The lowest BCUT2D eigenvalue weighted by atomic mass is 10.1. The molecular formula is C12H14BrN3S2. The van der Waals surface area contributed by atoms with E-state index in [9.17, 15) is 0 Å². The molecule has 0 amide bonds. The fraction of sp³-hybridized carbons (Fsp3) is 0.333. The fourth-order valence-electron chi connectivity index (χ4n) is 1.52. The normalized spacial score (nSPS) is 12.7. The number of hydrogen-bond donors (Lipinski definition) is 1. The van der Waals surface area contributed by atoms with Gasteiger partial charge in [-0.1, -0.05) is 33.8 Å². The van der Waals surface area contributed by atoms with Gasteiger partial charge in [0.2, 0.25) is 0 Å².